The largest absolute Gasteiger partial charge is 0.493 e. The Hall–Kier alpha value is -3.02. The molecule has 1 aliphatic carbocycles. The molecule has 0 saturated heterocycles. The molecule has 0 amide bonds. The molecule has 1 saturated carbocycles. The van der Waals surface area contributed by atoms with Crippen molar-refractivity contribution in [2.45, 2.75) is 25.2 Å². The van der Waals surface area contributed by atoms with Crippen LogP contribution < -0.4 is 4.74 Å². The first-order valence-electron chi connectivity index (χ1n) is 8.54. The topological polar surface area (TPSA) is 88.8 Å². The molecule has 134 valence electrons. The highest BCUT2D eigenvalue weighted by atomic mass is 16.5. The number of hydrogen-bond acceptors (Lipinski definition) is 5. The molecule has 6 heteroatoms. The first-order valence-corrected chi connectivity index (χ1v) is 8.54. The molecule has 2 atom stereocenters. The summed E-state index contributed by atoms with van der Waals surface area (Å²) in [5, 5.41) is 8.84. The highest BCUT2D eigenvalue weighted by molar-refractivity contribution is 6.13. The van der Waals surface area contributed by atoms with E-state index >= 15 is 0 Å². The van der Waals surface area contributed by atoms with Crippen molar-refractivity contribution in [2.24, 2.45) is 10.9 Å². The average molecular weight is 352 g/mol. The summed E-state index contributed by atoms with van der Waals surface area (Å²) in [7, 11) is 0. The van der Waals surface area contributed by atoms with Gasteiger partial charge in [-0.15, -0.1) is 0 Å². The van der Waals surface area contributed by atoms with Crippen molar-refractivity contribution in [3.8, 4) is 5.75 Å². The predicted molar refractivity (Wildman–Crippen MR) is 97.2 cm³/mol. The van der Waals surface area contributed by atoms with Crippen LogP contribution in [0.5, 0.6) is 5.75 Å². The summed E-state index contributed by atoms with van der Waals surface area (Å²) < 4.78 is 5.75. The standard InChI is InChI=1S/C20H20N2O4/c23-10-9-21-19-3-1-2-16(22-19)8-11-26-17-6-4-14(5-7-17)18-12-15(18)13-20(24)25/h1-7,9-10,15,18H,8,11-13H2,(H,24,25). The van der Waals surface area contributed by atoms with Crippen molar-refractivity contribution < 1.29 is 19.4 Å². The molecule has 1 aromatic carbocycles. The van der Waals surface area contributed by atoms with E-state index in [0.717, 1.165) is 17.9 Å². The lowest BCUT2D eigenvalue weighted by Crippen LogP contribution is -2.03. The SMILES string of the molecule is O=CC=Nc1cccc(CCOc2ccc(C3CC3CC(=O)O)cc2)n1. The fraction of sp³-hybridized carbons (Fsp3) is 0.300. The van der Waals surface area contributed by atoms with E-state index in [1.807, 2.05) is 36.4 Å². The molecule has 0 spiro atoms. The Bertz CT molecular complexity index is 802. The second kappa shape index (κ2) is 8.38. The third-order valence-electron chi connectivity index (χ3n) is 4.35. The molecule has 6 nitrogen and oxygen atoms in total. The van der Waals surface area contributed by atoms with E-state index < -0.39 is 5.97 Å². The number of aliphatic imine (C=N–C) groups is 1. The first kappa shape index (κ1) is 17.8. The number of benzene rings is 1. The van der Waals surface area contributed by atoms with Crippen LogP contribution >= 0.6 is 0 Å². The minimum Gasteiger partial charge on any atom is -0.493 e. The molecule has 1 fully saturated rings. The average Bonchev–Trinajstić information content (AvgIpc) is 3.39. The summed E-state index contributed by atoms with van der Waals surface area (Å²) in [5.74, 6) is 1.17. The maximum Gasteiger partial charge on any atom is 0.303 e. The van der Waals surface area contributed by atoms with Crippen LogP contribution in [0, 0.1) is 5.92 Å². The molecule has 1 aromatic heterocycles. The number of rotatable bonds is 9. The summed E-state index contributed by atoms with van der Waals surface area (Å²) in [6.45, 7) is 0.484. The molecule has 0 radical (unpaired) electrons. The van der Waals surface area contributed by atoms with Crippen molar-refractivity contribution in [2.75, 3.05) is 6.61 Å². The number of aldehydes is 1. The van der Waals surface area contributed by atoms with Crippen LogP contribution in [-0.4, -0.2) is 35.2 Å². The monoisotopic (exact) mass is 352 g/mol. The number of hydrogen-bond donors (Lipinski definition) is 1. The van der Waals surface area contributed by atoms with Gasteiger partial charge in [0.05, 0.1) is 12.8 Å². The number of aliphatic carboxylic acids is 1. The molecule has 3 rings (SSSR count). The fourth-order valence-electron chi connectivity index (χ4n) is 2.98. The smallest absolute Gasteiger partial charge is 0.303 e. The molecular weight excluding hydrogens is 332 g/mol. The lowest BCUT2D eigenvalue weighted by atomic mass is 10.1. The Morgan fingerprint density at radius 3 is 2.81 bits per heavy atom. The Morgan fingerprint density at radius 1 is 1.27 bits per heavy atom. The molecule has 1 aliphatic rings. The van der Waals surface area contributed by atoms with Crippen LogP contribution in [0.25, 0.3) is 0 Å². The van der Waals surface area contributed by atoms with Gasteiger partial charge in [-0.2, -0.15) is 0 Å². The van der Waals surface area contributed by atoms with Crippen LogP contribution in [0.15, 0.2) is 47.5 Å². The summed E-state index contributed by atoms with van der Waals surface area (Å²) in [5.41, 5.74) is 2.02. The Kier molecular flexibility index (Phi) is 5.73. The van der Waals surface area contributed by atoms with E-state index in [9.17, 15) is 9.59 Å². The number of aromatic nitrogens is 1. The first-order chi connectivity index (χ1) is 12.7. The highest BCUT2D eigenvalue weighted by Gasteiger charge is 2.39. The Labute approximate surface area is 151 Å². The molecule has 26 heavy (non-hydrogen) atoms. The van der Waals surface area contributed by atoms with Gasteiger partial charge in [-0.25, -0.2) is 9.98 Å². The molecule has 2 unspecified atom stereocenters. The van der Waals surface area contributed by atoms with E-state index in [-0.39, 0.29) is 12.3 Å². The van der Waals surface area contributed by atoms with Gasteiger partial charge in [-0.1, -0.05) is 18.2 Å². The number of carboxylic acids is 1. The van der Waals surface area contributed by atoms with Gasteiger partial charge in [0.25, 0.3) is 0 Å². The molecule has 1 N–H and O–H groups in total. The summed E-state index contributed by atoms with van der Waals surface area (Å²) in [4.78, 5) is 29.3. The van der Waals surface area contributed by atoms with Gasteiger partial charge in [0.2, 0.25) is 0 Å². The quantitative estimate of drug-likeness (QED) is 0.553. The minimum atomic E-state index is -0.730. The molecule has 0 bridgehead atoms. The van der Waals surface area contributed by atoms with Crippen molar-refractivity contribution in [1.29, 1.82) is 0 Å². The number of pyridine rings is 1. The Morgan fingerprint density at radius 2 is 2.08 bits per heavy atom. The van der Waals surface area contributed by atoms with Crippen molar-refractivity contribution in [3.63, 3.8) is 0 Å². The third kappa shape index (κ3) is 4.99. The minimum absolute atomic E-state index is 0.242. The third-order valence-corrected chi connectivity index (χ3v) is 4.35. The van der Waals surface area contributed by atoms with Gasteiger partial charge in [-0.3, -0.25) is 9.59 Å². The zero-order valence-corrected chi connectivity index (χ0v) is 14.2. The maximum absolute atomic E-state index is 10.7. The van der Waals surface area contributed by atoms with Crippen molar-refractivity contribution in [1.82, 2.24) is 4.98 Å². The normalized spacial score (nSPS) is 18.6. The summed E-state index contributed by atoms with van der Waals surface area (Å²) >= 11 is 0. The van der Waals surface area contributed by atoms with Crippen LogP contribution in [0.3, 0.4) is 0 Å². The summed E-state index contributed by atoms with van der Waals surface area (Å²) in [6.07, 6.45) is 3.61. The fourth-order valence-corrected chi connectivity index (χ4v) is 2.98. The number of ether oxygens (including phenoxy) is 1. The second-order valence-electron chi connectivity index (χ2n) is 6.27. The highest BCUT2D eigenvalue weighted by Crippen LogP contribution is 2.49. The van der Waals surface area contributed by atoms with Gasteiger partial charge in [0.15, 0.2) is 12.1 Å². The lowest BCUT2D eigenvalue weighted by molar-refractivity contribution is -0.137. The predicted octanol–water partition coefficient (Wildman–Crippen LogP) is 3.18. The molecule has 2 aromatic rings. The zero-order chi connectivity index (χ0) is 18.4. The Balaban J connectivity index is 1.48. The van der Waals surface area contributed by atoms with E-state index in [2.05, 4.69) is 9.98 Å². The van der Waals surface area contributed by atoms with Crippen molar-refractivity contribution >= 4 is 24.3 Å². The van der Waals surface area contributed by atoms with Gasteiger partial charge in [0.1, 0.15) is 5.75 Å². The second-order valence-corrected chi connectivity index (χ2v) is 6.27. The van der Waals surface area contributed by atoms with E-state index in [0.29, 0.717) is 31.0 Å². The van der Waals surface area contributed by atoms with Crippen LogP contribution in [-0.2, 0) is 16.0 Å². The van der Waals surface area contributed by atoms with Crippen molar-refractivity contribution in [3.05, 3.63) is 53.7 Å². The van der Waals surface area contributed by atoms with Crippen LogP contribution in [0.4, 0.5) is 5.82 Å². The van der Waals surface area contributed by atoms with Gasteiger partial charge < -0.3 is 9.84 Å². The van der Waals surface area contributed by atoms with E-state index in [1.165, 1.54) is 11.8 Å². The molecule has 0 aliphatic heterocycles. The number of carbonyl (C=O) groups is 2. The maximum atomic E-state index is 10.7. The van der Waals surface area contributed by atoms with Crippen LogP contribution in [0.2, 0.25) is 0 Å². The summed E-state index contributed by atoms with van der Waals surface area (Å²) in [6, 6.07) is 13.3. The number of carboxylic acid groups (broad SMARTS) is 1. The van der Waals surface area contributed by atoms with Gasteiger partial charge >= 0.3 is 5.97 Å². The zero-order valence-electron chi connectivity index (χ0n) is 14.2. The number of nitrogens with zero attached hydrogens (tertiary/aromatic N) is 2. The van der Waals surface area contributed by atoms with Crippen LogP contribution in [0.1, 0.15) is 30.0 Å². The van der Waals surface area contributed by atoms with Gasteiger partial charge in [0, 0.05) is 18.5 Å². The molecular formula is C20H20N2O4. The lowest BCUT2D eigenvalue weighted by Gasteiger charge is -2.07. The van der Waals surface area contributed by atoms with E-state index in [4.69, 9.17) is 9.84 Å². The van der Waals surface area contributed by atoms with E-state index in [1.54, 1.807) is 6.07 Å². The number of carbonyl (C=O) groups excluding carboxylic acids is 1. The van der Waals surface area contributed by atoms with Gasteiger partial charge in [-0.05, 0) is 48.1 Å². The molecule has 1 heterocycles.